The number of hydrogen-bond acceptors (Lipinski definition) is 8. The van der Waals surface area contributed by atoms with E-state index >= 15 is 0 Å². The molecule has 184 valence electrons. The van der Waals surface area contributed by atoms with Crippen molar-refractivity contribution in [3.63, 3.8) is 0 Å². The van der Waals surface area contributed by atoms with E-state index < -0.39 is 0 Å². The summed E-state index contributed by atoms with van der Waals surface area (Å²) in [5.74, 6) is 2.15. The number of aromatic amines is 1. The Labute approximate surface area is 216 Å². The summed E-state index contributed by atoms with van der Waals surface area (Å²) in [4.78, 5) is 25.5. The predicted molar refractivity (Wildman–Crippen MR) is 144 cm³/mol. The first-order valence-electron chi connectivity index (χ1n) is 11.4. The van der Waals surface area contributed by atoms with Gasteiger partial charge in [0.05, 0.1) is 5.52 Å². The second kappa shape index (κ2) is 10.3. The van der Waals surface area contributed by atoms with Gasteiger partial charge in [-0.2, -0.15) is 15.1 Å². The number of likely N-dealkylation sites (N-methyl/N-ethyl adjacent to an activating group) is 1. The van der Waals surface area contributed by atoms with Crippen molar-refractivity contribution in [2.75, 3.05) is 48.8 Å². The maximum Gasteiger partial charge on any atom is 0.325 e. The molecule has 0 spiro atoms. The van der Waals surface area contributed by atoms with Crippen LogP contribution in [0.4, 0.5) is 23.1 Å². The third-order valence-electron chi connectivity index (χ3n) is 5.79. The number of nitrogens with zero attached hydrogens (tertiary/aromatic N) is 5. The smallest absolute Gasteiger partial charge is 0.325 e. The van der Waals surface area contributed by atoms with E-state index in [0.29, 0.717) is 23.1 Å². The number of benzene rings is 2. The van der Waals surface area contributed by atoms with E-state index in [0.717, 1.165) is 47.4 Å². The number of hydrogen-bond donors (Lipinski definition) is 3. The van der Waals surface area contributed by atoms with Crippen LogP contribution in [0.5, 0.6) is 11.8 Å². The van der Waals surface area contributed by atoms with Crippen LogP contribution >= 0.6 is 15.9 Å². The maximum atomic E-state index is 11.7. The number of amides is 1. The number of halogens is 1. The van der Waals surface area contributed by atoms with Crippen LogP contribution in [0.2, 0.25) is 0 Å². The molecule has 1 fully saturated rings. The van der Waals surface area contributed by atoms with Crippen molar-refractivity contribution in [3.05, 3.63) is 65.7 Å². The molecule has 2 aromatic carbocycles. The number of aromatic nitrogens is 4. The molecule has 0 bridgehead atoms. The van der Waals surface area contributed by atoms with E-state index in [9.17, 15) is 4.79 Å². The van der Waals surface area contributed by atoms with Gasteiger partial charge in [-0.1, -0.05) is 28.6 Å². The van der Waals surface area contributed by atoms with Crippen LogP contribution in [0.25, 0.3) is 10.9 Å². The molecule has 1 amide bonds. The van der Waals surface area contributed by atoms with E-state index in [1.54, 1.807) is 24.3 Å². The number of fused-ring (bicyclic) bond motifs is 1. The van der Waals surface area contributed by atoms with Gasteiger partial charge >= 0.3 is 6.01 Å². The minimum Gasteiger partial charge on any atom is -0.424 e. The molecule has 3 N–H and O–H groups in total. The van der Waals surface area contributed by atoms with Gasteiger partial charge in [0.2, 0.25) is 5.91 Å². The molecule has 5 rings (SSSR count). The van der Waals surface area contributed by atoms with Crippen molar-refractivity contribution in [3.8, 4) is 11.8 Å². The molecule has 0 saturated carbocycles. The Kier molecular flexibility index (Phi) is 6.83. The lowest BCUT2D eigenvalue weighted by molar-refractivity contribution is -0.111. The van der Waals surface area contributed by atoms with E-state index in [2.05, 4.69) is 70.2 Å². The molecule has 11 heteroatoms. The Morgan fingerprint density at radius 3 is 2.78 bits per heavy atom. The third kappa shape index (κ3) is 5.47. The predicted octanol–water partition coefficient (Wildman–Crippen LogP) is 4.53. The highest BCUT2D eigenvalue weighted by atomic mass is 79.9. The van der Waals surface area contributed by atoms with Gasteiger partial charge in [-0.3, -0.25) is 9.89 Å². The van der Waals surface area contributed by atoms with Gasteiger partial charge in [-0.05, 0) is 43.5 Å². The molecule has 1 saturated heterocycles. The lowest BCUT2D eigenvalue weighted by Gasteiger charge is -2.33. The van der Waals surface area contributed by atoms with E-state index in [4.69, 9.17) is 4.74 Å². The standard InChI is InChI=1S/C25H25BrN8O2/c1-3-23(35)27-17-5-4-6-18(14-17)36-25-29-21(15-22(30-25)34-11-9-33(2)10-12-34)28-24-19-13-16(26)7-8-20(19)31-32-24/h3-8,13-15H,1,9-12H2,2H3,(H,27,35)(H2,28,29,30,31,32). The molecule has 1 aliphatic heterocycles. The van der Waals surface area contributed by atoms with Crippen LogP contribution in [0.1, 0.15) is 0 Å². The van der Waals surface area contributed by atoms with Crippen LogP contribution in [0, 0.1) is 0 Å². The first kappa shape index (κ1) is 23.8. The van der Waals surface area contributed by atoms with E-state index in [-0.39, 0.29) is 11.9 Å². The molecule has 0 radical (unpaired) electrons. The second-order valence-electron chi connectivity index (χ2n) is 8.39. The highest BCUT2D eigenvalue weighted by Crippen LogP contribution is 2.30. The topological polar surface area (TPSA) is 111 Å². The summed E-state index contributed by atoms with van der Waals surface area (Å²) >= 11 is 3.52. The third-order valence-corrected chi connectivity index (χ3v) is 6.28. The van der Waals surface area contributed by atoms with Gasteiger partial charge < -0.3 is 25.2 Å². The van der Waals surface area contributed by atoms with Crippen molar-refractivity contribution in [2.45, 2.75) is 0 Å². The molecule has 4 aromatic rings. The summed E-state index contributed by atoms with van der Waals surface area (Å²) in [5.41, 5.74) is 1.49. The normalized spacial score (nSPS) is 14.0. The van der Waals surface area contributed by atoms with Crippen LogP contribution in [0.15, 0.2) is 65.7 Å². The molecule has 10 nitrogen and oxygen atoms in total. The summed E-state index contributed by atoms with van der Waals surface area (Å²) in [6.07, 6.45) is 1.21. The number of piperazine rings is 1. The Balaban J connectivity index is 1.46. The van der Waals surface area contributed by atoms with E-state index in [1.807, 2.05) is 24.3 Å². The largest absolute Gasteiger partial charge is 0.424 e. The Hall–Kier alpha value is -3.96. The van der Waals surface area contributed by atoms with Crippen molar-refractivity contribution in [2.24, 2.45) is 0 Å². The van der Waals surface area contributed by atoms with Gasteiger partial charge in [0.1, 0.15) is 17.4 Å². The summed E-state index contributed by atoms with van der Waals surface area (Å²) in [5, 5.41) is 14.4. The highest BCUT2D eigenvalue weighted by molar-refractivity contribution is 9.10. The summed E-state index contributed by atoms with van der Waals surface area (Å²) < 4.78 is 6.99. The number of carbonyl (C=O) groups excluding carboxylic acids is 1. The second-order valence-corrected chi connectivity index (χ2v) is 9.31. The fourth-order valence-electron chi connectivity index (χ4n) is 3.86. The van der Waals surface area contributed by atoms with Gasteiger partial charge in [-0.25, -0.2) is 0 Å². The monoisotopic (exact) mass is 548 g/mol. The fraction of sp³-hybridized carbons (Fsp3) is 0.200. The summed E-state index contributed by atoms with van der Waals surface area (Å²) in [6, 6.07) is 15.0. The van der Waals surface area contributed by atoms with Gasteiger partial charge in [0, 0.05) is 53.9 Å². The number of H-pyrrole nitrogens is 1. The molecule has 2 aromatic heterocycles. The minimum absolute atomic E-state index is 0.183. The Bertz CT molecular complexity index is 1410. The van der Waals surface area contributed by atoms with Crippen molar-refractivity contribution >= 4 is 55.9 Å². The molecule has 0 aliphatic carbocycles. The van der Waals surface area contributed by atoms with Crippen molar-refractivity contribution in [1.29, 1.82) is 0 Å². The number of nitrogens with one attached hydrogen (secondary N) is 3. The number of anilines is 4. The van der Waals surface area contributed by atoms with E-state index in [1.165, 1.54) is 6.08 Å². The molecule has 1 aliphatic rings. The zero-order valence-electron chi connectivity index (χ0n) is 19.7. The SMILES string of the molecule is C=CC(=O)Nc1cccc(Oc2nc(Nc3n[nH]c4ccc(Br)cc34)cc(N3CCN(C)CC3)n2)c1. The van der Waals surface area contributed by atoms with Crippen LogP contribution in [0.3, 0.4) is 0 Å². The minimum atomic E-state index is -0.301. The number of carbonyl (C=O) groups is 1. The van der Waals surface area contributed by atoms with Crippen molar-refractivity contribution < 1.29 is 9.53 Å². The van der Waals surface area contributed by atoms with Gasteiger partial charge in [0.25, 0.3) is 0 Å². The summed E-state index contributed by atoms with van der Waals surface area (Å²) in [6.45, 7) is 7.04. The van der Waals surface area contributed by atoms with Crippen LogP contribution in [-0.4, -0.2) is 64.2 Å². The summed E-state index contributed by atoms with van der Waals surface area (Å²) in [7, 11) is 2.11. The molecular weight excluding hydrogens is 524 g/mol. The van der Waals surface area contributed by atoms with Crippen molar-refractivity contribution in [1.82, 2.24) is 25.1 Å². The molecule has 36 heavy (non-hydrogen) atoms. The van der Waals surface area contributed by atoms with Crippen LogP contribution < -0.4 is 20.3 Å². The fourth-order valence-corrected chi connectivity index (χ4v) is 4.22. The first-order chi connectivity index (χ1) is 17.5. The lowest BCUT2D eigenvalue weighted by atomic mass is 10.2. The molecular formula is C25H25BrN8O2. The van der Waals surface area contributed by atoms with Gasteiger partial charge in [0.15, 0.2) is 5.82 Å². The first-order valence-corrected chi connectivity index (χ1v) is 12.2. The zero-order chi connectivity index (χ0) is 25.1. The quantitative estimate of drug-likeness (QED) is 0.289. The maximum absolute atomic E-state index is 11.7. The average molecular weight is 549 g/mol. The Morgan fingerprint density at radius 2 is 1.97 bits per heavy atom. The highest BCUT2D eigenvalue weighted by Gasteiger charge is 2.19. The number of ether oxygens (including phenoxy) is 1. The molecule has 3 heterocycles. The van der Waals surface area contributed by atoms with Gasteiger partial charge in [-0.15, -0.1) is 0 Å². The zero-order valence-corrected chi connectivity index (χ0v) is 21.2. The molecule has 0 unspecified atom stereocenters. The number of rotatable bonds is 7. The Morgan fingerprint density at radius 1 is 1.14 bits per heavy atom. The molecule has 0 atom stereocenters. The lowest BCUT2D eigenvalue weighted by Crippen LogP contribution is -2.44. The van der Waals surface area contributed by atoms with Crippen LogP contribution in [-0.2, 0) is 4.79 Å². The average Bonchev–Trinajstić information content (AvgIpc) is 3.26.